The number of aromatic nitrogens is 2. The summed E-state index contributed by atoms with van der Waals surface area (Å²) in [7, 11) is 0. The van der Waals surface area contributed by atoms with E-state index in [4.69, 9.17) is 29.1 Å². The Bertz CT molecular complexity index is 3610. The monoisotopic (exact) mass is 600 g/mol. The van der Waals surface area contributed by atoms with Crippen LogP contribution in [0.1, 0.15) is 27.4 Å². The third-order valence-electron chi connectivity index (χ3n) is 6.96. The summed E-state index contributed by atoms with van der Waals surface area (Å²) in [4.78, 5) is 8.82. The van der Waals surface area contributed by atoms with E-state index in [1.807, 2.05) is 0 Å². The first-order chi connectivity index (χ1) is 30.1. The molecule has 206 valence electrons. The molecule has 3 nitrogen and oxygen atoms in total. The summed E-state index contributed by atoms with van der Waals surface area (Å²) in [5.74, 6) is 0. The van der Waals surface area contributed by atoms with Gasteiger partial charge in [0.25, 0.3) is 0 Å². The second kappa shape index (κ2) is 10.0. The minimum Gasteiger partial charge on any atom is -0.455 e. The number of rotatable bonds is 4. The summed E-state index contributed by atoms with van der Waals surface area (Å²) in [6.45, 7) is 0. The summed E-state index contributed by atoms with van der Waals surface area (Å²) >= 11 is 1.11. The van der Waals surface area contributed by atoms with E-state index in [0.717, 1.165) is 17.7 Å². The average Bonchev–Trinajstić information content (AvgIpc) is 3.86. The Morgan fingerprint density at radius 1 is 0.568 bits per heavy atom. The number of hydrogen-bond acceptors (Lipinski definition) is 4. The third kappa shape index (κ3) is 4.03. The van der Waals surface area contributed by atoms with E-state index in [0.29, 0.717) is 10.1 Å². The lowest BCUT2D eigenvalue weighted by Gasteiger charge is -2.09. The van der Waals surface area contributed by atoms with Crippen molar-refractivity contribution in [3.05, 3.63) is 145 Å². The van der Waals surface area contributed by atoms with E-state index < -0.39 is 154 Å². The molecule has 44 heavy (non-hydrogen) atoms. The van der Waals surface area contributed by atoms with Gasteiger partial charge >= 0.3 is 0 Å². The molecule has 0 bridgehead atoms. The first kappa shape index (κ1) is 12.2. The van der Waals surface area contributed by atoms with E-state index in [2.05, 4.69) is 9.97 Å². The fraction of sp³-hybridized carbons (Fsp3) is 0. The molecular weight excluding hydrogens is 557 g/mol. The zero-order valence-electron chi connectivity index (χ0n) is 42.0. The van der Waals surface area contributed by atoms with Crippen molar-refractivity contribution in [3.8, 4) is 44.6 Å². The third-order valence-corrected chi connectivity index (χ3v) is 8.13. The van der Waals surface area contributed by atoms with Gasteiger partial charge in [-0.25, -0.2) is 9.97 Å². The van der Waals surface area contributed by atoms with Crippen LogP contribution in [0.4, 0.5) is 0 Å². The standard InChI is InChI=1S/C40H24N2OS/c1-2-9-25(10-3-1)28-19-20-36-34(23-28)38-40(44-36)37(41-24-42-38)30-14-7-12-27(22-30)26-11-6-13-29(21-26)31-16-8-17-33-32-15-4-5-18-35(32)43-39(31)33/h1-24H/i1D,2D,3D,4D,5D,6D,7D,8D,9D,10D,11D,12D,13D,14D,15D,16D,17D,18D,21D,22D. The Kier molecular flexibility index (Phi) is 2.77. The van der Waals surface area contributed by atoms with Gasteiger partial charge < -0.3 is 4.42 Å². The molecule has 0 saturated heterocycles. The fourth-order valence-corrected chi connectivity index (χ4v) is 6.12. The van der Waals surface area contributed by atoms with Gasteiger partial charge in [0.1, 0.15) is 17.5 Å². The number of furan rings is 1. The highest BCUT2D eigenvalue weighted by Crippen LogP contribution is 2.41. The van der Waals surface area contributed by atoms with Crippen molar-refractivity contribution >= 4 is 53.6 Å². The number of benzene rings is 6. The van der Waals surface area contributed by atoms with Gasteiger partial charge in [-0.15, -0.1) is 11.3 Å². The number of nitrogens with zero attached hydrogens (tertiary/aromatic N) is 2. The first-order valence-corrected chi connectivity index (χ1v) is 13.8. The molecule has 0 amide bonds. The van der Waals surface area contributed by atoms with Crippen molar-refractivity contribution in [2.24, 2.45) is 0 Å². The van der Waals surface area contributed by atoms with Crippen LogP contribution < -0.4 is 0 Å². The molecule has 3 aromatic heterocycles. The smallest absolute Gasteiger partial charge is 0.143 e. The molecule has 0 aliphatic heterocycles. The van der Waals surface area contributed by atoms with E-state index in [9.17, 15) is 2.74 Å². The zero-order chi connectivity index (χ0) is 46.4. The van der Waals surface area contributed by atoms with E-state index in [1.54, 1.807) is 18.2 Å². The van der Waals surface area contributed by atoms with Gasteiger partial charge in [-0.05, 0) is 58.1 Å². The van der Waals surface area contributed by atoms with E-state index in [-0.39, 0.29) is 43.4 Å². The minimum atomic E-state index is -0.874. The molecule has 6 aromatic carbocycles. The van der Waals surface area contributed by atoms with Crippen molar-refractivity contribution in [1.82, 2.24) is 9.97 Å². The normalized spacial score (nSPS) is 18.0. The maximum atomic E-state index is 9.52. The predicted octanol–water partition coefficient (Wildman–Crippen LogP) is 11.4. The highest BCUT2D eigenvalue weighted by molar-refractivity contribution is 7.26. The van der Waals surface area contributed by atoms with Crippen LogP contribution in [0.3, 0.4) is 0 Å². The summed E-state index contributed by atoms with van der Waals surface area (Å²) in [5, 5.41) is -0.191. The summed E-state index contributed by atoms with van der Waals surface area (Å²) in [6, 6.07) is -8.81. The van der Waals surface area contributed by atoms with Gasteiger partial charge in [0, 0.05) is 32.0 Å². The molecule has 0 saturated carbocycles. The van der Waals surface area contributed by atoms with E-state index >= 15 is 0 Å². The van der Waals surface area contributed by atoms with Crippen molar-refractivity contribution < 1.29 is 31.8 Å². The molecule has 0 atom stereocenters. The van der Waals surface area contributed by atoms with Crippen molar-refractivity contribution in [2.75, 3.05) is 0 Å². The van der Waals surface area contributed by atoms with Gasteiger partial charge in [-0.1, -0.05) is 109 Å². The average molecular weight is 601 g/mol. The molecule has 0 radical (unpaired) electrons. The van der Waals surface area contributed by atoms with Gasteiger partial charge in [0.15, 0.2) is 0 Å². The van der Waals surface area contributed by atoms with Gasteiger partial charge in [0.05, 0.1) is 43.3 Å². The molecule has 9 rings (SSSR count). The quantitative estimate of drug-likeness (QED) is 0.202. The lowest BCUT2D eigenvalue weighted by atomic mass is 9.96. The van der Waals surface area contributed by atoms with Gasteiger partial charge in [-0.3, -0.25) is 0 Å². The minimum absolute atomic E-state index is 0.0541. The molecule has 0 aliphatic rings. The number of thiophene rings is 1. The fourth-order valence-electron chi connectivity index (χ4n) is 4.99. The molecule has 0 spiro atoms. The van der Waals surface area contributed by atoms with Crippen LogP contribution in [-0.4, -0.2) is 9.97 Å². The number of para-hydroxylation sites is 2. The topological polar surface area (TPSA) is 38.9 Å². The number of hydrogen-bond donors (Lipinski definition) is 0. The highest BCUT2D eigenvalue weighted by atomic mass is 32.1. The van der Waals surface area contributed by atoms with Crippen LogP contribution >= 0.6 is 11.3 Å². The molecular formula is C40H24N2OS. The van der Waals surface area contributed by atoms with Crippen LogP contribution in [0.15, 0.2) is 150 Å². The largest absolute Gasteiger partial charge is 0.455 e. The summed E-state index contributed by atoms with van der Waals surface area (Å²) < 4.78 is 181. The molecule has 0 unspecified atom stereocenters. The zero-order valence-corrected chi connectivity index (χ0v) is 22.8. The lowest BCUT2D eigenvalue weighted by molar-refractivity contribution is 0.670. The Hall–Kier alpha value is -5.58. The van der Waals surface area contributed by atoms with Crippen molar-refractivity contribution in [1.29, 1.82) is 0 Å². The van der Waals surface area contributed by atoms with Crippen molar-refractivity contribution in [2.45, 2.75) is 0 Å². The summed E-state index contributed by atoms with van der Waals surface area (Å²) in [5.41, 5.74) is -3.23. The molecule has 0 N–H and O–H groups in total. The molecule has 0 fully saturated rings. The lowest BCUT2D eigenvalue weighted by Crippen LogP contribution is -1.88. The van der Waals surface area contributed by atoms with Gasteiger partial charge in [-0.2, -0.15) is 0 Å². The van der Waals surface area contributed by atoms with Crippen LogP contribution in [0.2, 0.25) is 0 Å². The van der Waals surface area contributed by atoms with Crippen LogP contribution in [0.25, 0.3) is 86.9 Å². The Balaban J connectivity index is 1.32. The maximum absolute atomic E-state index is 9.52. The molecule has 0 aliphatic carbocycles. The summed E-state index contributed by atoms with van der Waals surface area (Å²) in [6.07, 6.45) is 1.12. The van der Waals surface area contributed by atoms with E-state index in [1.165, 1.54) is 0 Å². The van der Waals surface area contributed by atoms with Crippen molar-refractivity contribution in [3.63, 3.8) is 0 Å². The molecule has 3 heterocycles. The SMILES string of the molecule is [2H]c1c([2H])c([2H])c(-c2ccc3sc4c(-c5c([2H])c([2H])c([2H])c(-c6c([2H])c([2H])c([2H])c(-c7c([2H])c([2H])c([2H])c8c7oc7c([2H])c([2H])c([2H])c([2H])c78)c6[2H])c5[2H])ncnc4c3c2)c([2H])c1[2H]. The number of fused-ring (bicyclic) bond motifs is 6. The maximum Gasteiger partial charge on any atom is 0.143 e. The molecule has 4 heteroatoms. The Labute approximate surface area is 285 Å². The second-order valence-electron chi connectivity index (χ2n) is 9.47. The second-order valence-corrected chi connectivity index (χ2v) is 10.5. The van der Waals surface area contributed by atoms with Crippen LogP contribution in [0, 0.1) is 0 Å². The Morgan fingerprint density at radius 2 is 1.27 bits per heavy atom. The van der Waals surface area contributed by atoms with Gasteiger partial charge in [0.2, 0.25) is 0 Å². The molecule has 9 aromatic rings. The highest BCUT2D eigenvalue weighted by Gasteiger charge is 2.16. The van der Waals surface area contributed by atoms with Crippen LogP contribution in [0.5, 0.6) is 0 Å². The predicted molar refractivity (Wildman–Crippen MR) is 184 cm³/mol. The Morgan fingerprint density at radius 3 is 2.16 bits per heavy atom. The van der Waals surface area contributed by atoms with Crippen LogP contribution in [-0.2, 0) is 0 Å². The first-order valence-electron chi connectivity index (χ1n) is 23.0.